The summed E-state index contributed by atoms with van der Waals surface area (Å²) in [6.07, 6.45) is -3.52. The molecule has 0 amide bonds. The highest BCUT2D eigenvalue weighted by Gasteiger charge is 2.43. The highest BCUT2D eigenvalue weighted by Crippen LogP contribution is 2.38. The zero-order chi connectivity index (χ0) is 15.8. The van der Waals surface area contributed by atoms with E-state index in [-0.39, 0.29) is 0 Å². The van der Waals surface area contributed by atoms with Crippen LogP contribution in [0.15, 0.2) is 33.7 Å². The van der Waals surface area contributed by atoms with Crippen LogP contribution in [-0.4, -0.2) is 47.9 Å². The van der Waals surface area contributed by atoms with Crippen LogP contribution in [0.5, 0.6) is 0 Å². The van der Waals surface area contributed by atoms with Crippen molar-refractivity contribution >= 4 is 7.60 Å². The van der Waals surface area contributed by atoms with Crippen LogP contribution in [0.3, 0.4) is 0 Å². The molecule has 11 heteroatoms. The van der Waals surface area contributed by atoms with Crippen molar-refractivity contribution in [2.45, 2.75) is 24.5 Å². The van der Waals surface area contributed by atoms with Crippen LogP contribution in [0.1, 0.15) is 6.23 Å². The fourth-order valence-electron chi connectivity index (χ4n) is 1.90. The molecule has 116 valence electrons. The van der Waals surface area contributed by atoms with E-state index in [0.717, 1.165) is 22.9 Å². The van der Waals surface area contributed by atoms with E-state index in [2.05, 4.69) is 0 Å². The van der Waals surface area contributed by atoms with Gasteiger partial charge in [0.1, 0.15) is 18.3 Å². The molecular weight excluding hydrogens is 307 g/mol. The molecule has 0 saturated carbocycles. The maximum atomic E-state index is 11.6. The molecule has 1 fully saturated rings. The highest BCUT2D eigenvalue weighted by molar-refractivity contribution is 7.55. The maximum absolute atomic E-state index is 11.6. The van der Waals surface area contributed by atoms with Crippen molar-refractivity contribution in [3.8, 4) is 0 Å². The van der Waals surface area contributed by atoms with Crippen LogP contribution in [0, 0.1) is 0 Å². The average molecular weight is 320 g/mol. The van der Waals surface area contributed by atoms with Crippen LogP contribution in [0.25, 0.3) is 0 Å². The Morgan fingerprint density at radius 2 is 1.95 bits per heavy atom. The summed E-state index contributed by atoms with van der Waals surface area (Å²) >= 11 is 0. The van der Waals surface area contributed by atoms with Crippen LogP contribution in [-0.2, 0) is 9.30 Å². The summed E-state index contributed by atoms with van der Waals surface area (Å²) in [7, 11) is -4.44. The molecule has 0 radical (unpaired) electrons. The van der Waals surface area contributed by atoms with E-state index in [9.17, 15) is 24.4 Å². The third-order valence-electron chi connectivity index (χ3n) is 2.87. The number of aromatic amines is 1. The number of nitrogens with one attached hydrogen (secondary N) is 1. The van der Waals surface area contributed by atoms with Crippen molar-refractivity contribution < 1.29 is 29.3 Å². The van der Waals surface area contributed by atoms with Gasteiger partial charge in [0.25, 0.3) is 5.56 Å². The third kappa shape index (κ3) is 3.56. The Morgan fingerprint density at radius 3 is 2.52 bits per heavy atom. The number of hydrogen-bond acceptors (Lipinski definition) is 6. The Labute approximate surface area is 117 Å². The normalized spacial score (nSPS) is 30.1. The fraction of sp³-hybridized carbons (Fsp3) is 0.400. The molecule has 1 aromatic rings. The smallest absolute Gasteiger partial charge is 0.348 e. The molecule has 1 aromatic heterocycles. The van der Waals surface area contributed by atoms with E-state index in [0.29, 0.717) is 5.82 Å². The van der Waals surface area contributed by atoms with E-state index < -0.39 is 43.4 Å². The van der Waals surface area contributed by atoms with Gasteiger partial charge < -0.3 is 24.7 Å². The molecule has 0 aliphatic carbocycles. The highest BCUT2D eigenvalue weighted by atomic mass is 31.2. The number of aliphatic hydroxyl groups excluding tert-OH is 2. The van der Waals surface area contributed by atoms with Crippen molar-refractivity contribution in [3.63, 3.8) is 0 Å². The molecule has 1 aliphatic heterocycles. The van der Waals surface area contributed by atoms with Crippen molar-refractivity contribution in [2.75, 3.05) is 0 Å². The minimum atomic E-state index is -4.44. The lowest BCUT2D eigenvalue weighted by atomic mass is 10.1. The first kappa shape index (κ1) is 15.8. The van der Waals surface area contributed by atoms with Gasteiger partial charge >= 0.3 is 13.3 Å². The molecule has 10 nitrogen and oxygen atoms in total. The molecule has 0 unspecified atom stereocenters. The van der Waals surface area contributed by atoms with Crippen molar-refractivity contribution in [1.29, 1.82) is 0 Å². The van der Waals surface area contributed by atoms with Gasteiger partial charge in [-0.3, -0.25) is 18.9 Å². The minimum absolute atomic E-state index is 0.533. The van der Waals surface area contributed by atoms with Crippen LogP contribution >= 0.6 is 7.60 Å². The van der Waals surface area contributed by atoms with Crippen LogP contribution in [0.2, 0.25) is 0 Å². The van der Waals surface area contributed by atoms with Gasteiger partial charge in [0.2, 0.25) is 0 Å². The topological polar surface area (TPSA) is 162 Å². The molecular formula is C10H13N2O8P. The fourth-order valence-corrected chi connectivity index (χ4v) is 2.29. The minimum Gasteiger partial charge on any atom is -0.387 e. The van der Waals surface area contributed by atoms with Gasteiger partial charge in [0, 0.05) is 18.1 Å². The van der Waals surface area contributed by atoms with Crippen LogP contribution in [0.4, 0.5) is 0 Å². The molecule has 21 heavy (non-hydrogen) atoms. The molecule has 5 N–H and O–H groups in total. The summed E-state index contributed by atoms with van der Waals surface area (Å²) in [5.74, 6) is 0.533. The maximum Gasteiger partial charge on any atom is 0.348 e. The van der Waals surface area contributed by atoms with Gasteiger partial charge in [0.15, 0.2) is 6.23 Å². The zero-order valence-electron chi connectivity index (χ0n) is 10.4. The standard InChI is InChI=1S/C10H13N2O8P/c13-6-1-3-12(10(16)11-6)9-8(15)7(14)5(20-9)2-4-21(17,18)19/h1-5,7-9,14-15H,(H,11,13,16)(H2,17,18,19)/b4-2+/t5-,7-,8+,9-/m1/s1. The Morgan fingerprint density at radius 1 is 1.29 bits per heavy atom. The predicted octanol–water partition coefficient (Wildman–Crippen LogP) is -2.15. The van der Waals surface area contributed by atoms with Gasteiger partial charge in [-0.1, -0.05) is 0 Å². The predicted molar refractivity (Wildman–Crippen MR) is 68.4 cm³/mol. The number of hydrogen-bond donors (Lipinski definition) is 5. The quantitative estimate of drug-likeness (QED) is 0.394. The second kappa shape index (κ2) is 5.68. The summed E-state index contributed by atoms with van der Waals surface area (Å²) in [6, 6.07) is 1.03. The summed E-state index contributed by atoms with van der Waals surface area (Å²) in [6.45, 7) is 0. The second-order valence-electron chi connectivity index (χ2n) is 4.42. The van der Waals surface area contributed by atoms with E-state index >= 15 is 0 Å². The summed E-state index contributed by atoms with van der Waals surface area (Å²) in [5.41, 5.74) is -1.49. The number of aromatic nitrogens is 2. The van der Waals surface area contributed by atoms with E-state index in [1.807, 2.05) is 4.98 Å². The van der Waals surface area contributed by atoms with E-state index in [1.54, 1.807) is 0 Å². The molecule has 1 saturated heterocycles. The zero-order valence-corrected chi connectivity index (χ0v) is 11.3. The SMILES string of the molecule is O=c1ccn([C@@H]2O[C@H](/C=C/P(=O)(O)O)[C@@H](O)[C@@H]2O)c(=O)[nH]1. The number of aliphatic hydroxyl groups is 2. The molecule has 0 aromatic carbocycles. The first-order valence-corrected chi connectivity index (χ1v) is 7.45. The Hall–Kier alpha value is -1.55. The summed E-state index contributed by atoms with van der Waals surface area (Å²) in [5, 5.41) is 19.6. The lowest BCUT2D eigenvalue weighted by Gasteiger charge is -2.16. The van der Waals surface area contributed by atoms with Crippen molar-refractivity contribution in [3.05, 3.63) is 45.0 Å². The summed E-state index contributed by atoms with van der Waals surface area (Å²) in [4.78, 5) is 41.9. The number of nitrogens with zero attached hydrogens (tertiary/aromatic N) is 1. The van der Waals surface area contributed by atoms with E-state index in [4.69, 9.17) is 14.5 Å². The lowest BCUT2D eigenvalue weighted by Crippen LogP contribution is -2.37. The molecule has 4 atom stereocenters. The Balaban J connectivity index is 2.28. The first-order chi connectivity index (χ1) is 9.69. The van der Waals surface area contributed by atoms with Gasteiger partial charge in [-0.05, 0) is 6.08 Å². The monoisotopic (exact) mass is 320 g/mol. The van der Waals surface area contributed by atoms with Gasteiger partial charge in [-0.25, -0.2) is 4.79 Å². The third-order valence-corrected chi connectivity index (χ3v) is 3.43. The second-order valence-corrected chi connectivity index (χ2v) is 5.90. The first-order valence-electron chi connectivity index (χ1n) is 5.77. The molecule has 0 bridgehead atoms. The van der Waals surface area contributed by atoms with Crippen LogP contribution < -0.4 is 11.2 Å². The average Bonchev–Trinajstić information content (AvgIpc) is 2.64. The van der Waals surface area contributed by atoms with Crippen molar-refractivity contribution in [1.82, 2.24) is 9.55 Å². The molecule has 1 aliphatic rings. The molecule has 2 heterocycles. The van der Waals surface area contributed by atoms with Gasteiger partial charge in [-0.2, -0.15) is 0 Å². The number of rotatable bonds is 3. The van der Waals surface area contributed by atoms with E-state index in [1.165, 1.54) is 0 Å². The van der Waals surface area contributed by atoms with Gasteiger partial charge in [-0.15, -0.1) is 0 Å². The number of H-pyrrole nitrogens is 1. The van der Waals surface area contributed by atoms with Crippen molar-refractivity contribution in [2.24, 2.45) is 0 Å². The summed E-state index contributed by atoms with van der Waals surface area (Å²) < 4.78 is 16.8. The Kier molecular flexibility index (Phi) is 4.28. The molecule has 0 spiro atoms. The molecule has 2 rings (SSSR count). The largest absolute Gasteiger partial charge is 0.387 e. The Bertz CT molecular complexity index is 703. The number of ether oxygens (including phenoxy) is 1. The lowest BCUT2D eigenvalue weighted by molar-refractivity contribution is -0.0297. The van der Waals surface area contributed by atoms with Gasteiger partial charge in [0.05, 0.1) is 0 Å².